The van der Waals surface area contributed by atoms with E-state index in [1.807, 2.05) is 0 Å². The molecule has 1 heterocycles. The number of piperidine rings is 1. The van der Waals surface area contributed by atoms with Crippen LogP contribution >= 0.6 is 0 Å². The summed E-state index contributed by atoms with van der Waals surface area (Å²) in [6.45, 7) is 3.61. The molecule has 2 aromatic rings. The van der Waals surface area contributed by atoms with Gasteiger partial charge in [-0.15, -0.1) is 0 Å². The largest absolute Gasteiger partial charge is 0.303 e. The average molecular weight is 289 g/mol. The fraction of sp³-hybridized carbons (Fsp3) is 0.333. The highest BCUT2D eigenvalue weighted by atomic mass is 15.1. The topological polar surface area (TPSA) is 3.24 Å². The maximum absolute atomic E-state index is 2.63. The molecule has 1 spiro atoms. The Kier molecular flexibility index (Phi) is 3.59. The van der Waals surface area contributed by atoms with E-state index >= 15 is 0 Å². The summed E-state index contributed by atoms with van der Waals surface area (Å²) in [5.74, 6) is 0. The maximum atomic E-state index is 2.63. The maximum Gasteiger partial charge on any atom is 0.0165 e. The summed E-state index contributed by atoms with van der Waals surface area (Å²) >= 11 is 0. The highest BCUT2D eigenvalue weighted by molar-refractivity contribution is 5.65. The van der Waals surface area contributed by atoms with Gasteiger partial charge in [-0.25, -0.2) is 0 Å². The van der Waals surface area contributed by atoms with Crippen molar-refractivity contribution in [3.63, 3.8) is 0 Å². The number of hydrogen-bond donors (Lipinski definition) is 0. The lowest BCUT2D eigenvalue weighted by molar-refractivity contribution is 0.186. The van der Waals surface area contributed by atoms with Crippen molar-refractivity contribution in [2.24, 2.45) is 0 Å². The van der Waals surface area contributed by atoms with E-state index in [2.05, 4.69) is 71.6 Å². The summed E-state index contributed by atoms with van der Waals surface area (Å²) < 4.78 is 0. The molecule has 0 aromatic heterocycles. The Labute approximate surface area is 133 Å². The molecule has 0 N–H and O–H groups in total. The normalized spacial score (nSPS) is 19.5. The van der Waals surface area contributed by atoms with Gasteiger partial charge in [-0.3, -0.25) is 0 Å². The third-order valence-electron chi connectivity index (χ3n) is 5.39. The van der Waals surface area contributed by atoms with Gasteiger partial charge in [0.05, 0.1) is 0 Å². The zero-order valence-corrected chi connectivity index (χ0v) is 13.0. The molecule has 0 atom stereocenters. The second kappa shape index (κ2) is 5.73. The van der Waals surface area contributed by atoms with Gasteiger partial charge >= 0.3 is 0 Å². The van der Waals surface area contributed by atoms with E-state index in [0.29, 0.717) is 5.41 Å². The number of hydrogen-bond acceptors (Lipinski definition) is 1. The van der Waals surface area contributed by atoms with E-state index in [1.54, 1.807) is 5.56 Å². The second-order valence-electron chi connectivity index (χ2n) is 6.65. The molecule has 1 fully saturated rings. The molecule has 0 saturated carbocycles. The average Bonchev–Trinajstić information content (AvgIpc) is 2.94. The highest BCUT2D eigenvalue weighted by Gasteiger charge is 2.37. The first-order chi connectivity index (χ1) is 10.9. The van der Waals surface area contributed by atoms with Crippen LogP contribution in [0.15, 0.2) is 60.7 Å². The van der Waals surface area contributed by atoms with Crippen LogP contribution in [-0.4, -0.2) is 24.5 Å². The predicted molar refractivity (Wildman–Crippen MR) is 93.0 cm³/mol. The molecular weight excluding hydrogens is 266 g/mol. The molecule has 1 heteroatoms. The number of rotatable bonds is 3. The van der Waals surface area contributed by atoms with Gasteiger partial charge in [0.2, 0.25) is 0 Å². The molecule has 0 amide bonds. The third kappa shape index (κ3) is 2.50. The molecule has 1 aliphatic heterocycles. The second-order valence-corrected chi connectivity index (χ2v) is 6.65. The van der Waals surface area contributed by atoms with Gasteiger partial charge in [0.15, 0.2) is 0 Å². The molecule has 1 saturated heterocycles. The first-order valence-electron chi connectivity index (χ1n) is 8.41. The summed E-state index contributed by atoms with van der Waals surface area (Å²) in [4.78, 5) is 2.63. The van der Waals surface area contributed by atoms with E-state index in [4.69, 9.17) is 0 Å². The van der Waals surface area contributed by atoms with Gasteiger partial charge in [-0.1, -0.05) is 66.7 Å². The highest BCUT2D eigenvalue weighted by Crippen LogP contribution is 2.43. The van der Waals surface area contributed by atoms with Gasteiger partial charge in [0.25, 0.3) is 0 Å². The Balaban J connectivity index is 1.38. The van der Waals surface area contributed by atoms with Crippen LogP contribution in [0.4, 0.5) is 0 Å². The number of benzene rings is 2. The van der Waals surface area contributed by atoms with E-state index in [-0.39, 0.29) is 0 Å². The zero-order valence-electron chi connectivity index (χ0n) is 13.0. The Morgan fingerprint density at radius 1 is 0.864 bits per heavy atom. The van der Waals surface area contributed by atoms with Crippen LogP contribution in [0.5, 0.6) is 0 Å². The number of allylic oxidation sites excluding steroid dienone is 1. The predicted octanol–water partition coefficient (Wildman–Crippen LogP) is 4.29. The van der Waals surface area contributed by atoms with Gasteiger partial charge in [-0.05, 0) is 49.0 Å². The van der Waals surface area contributed by atoms with Crippen molar-refractivity contribution >= 4 is 6.08 Å². The van der Waals surface area contributed by atoms with Crippen molar-refractivity contribution in [1.29, 1.82) is 0 Å². The lowest BCUT2D eigenvalue weighted by Gasteiger charge is -2.39. The molecule has 2 aliphatic rings. The van der Waals surface area contributed by atoms with E-state index in [1.165, 1.54) is 50.0 Å². The number of nitrogens with zero attached hydrogens (tertiary/aromatic N) is 1. The third-order valence-corrected chi connectivity index (χ3v) is 5.39. The molecule has 0 bridgehead atoms. The fourth-order valence-electron chi connectivity index (χ4n) is 3.98. The smallest absolute Gasteiger partial charge is 0.0165 e. The van der Waals surface area contributed by atoms with Crippen molar-refractivity contribution in [3.8, 4) is 0 Å². The molecule has 0 radical (unpaired) electrons. The monoisotopic (exact) mass is 289 g/mol. The van der Waals surface area contributed by atoms with Crippen molar-refractivity contribution in [2.45, 2.75) is 24.7 Å². The zero-order chi connectivity index (χ0) is 14.8. The summed E-state index contributed by atoms with van der Waals surface area (Å²) in [5, 5.41) is 0. The molecule has 2 aromatic carbocycles. The summed E-state index contributed by atoms with van der Waals surface area (Å²) in [5.41, 5.74) is 4.76. The molecule has 4 rings (SSSR count). The molecule has 1 nitrogen and oxygen atoms in total. The number of likely N-dealkylation sites (tertiary alicyclic amines) is 1. The summed E-state index contributed by atoms with van der Waals surface area (Å²) in [6, 6.07) is 19.8. The molecule has 112 valence electrons. The van der Waals surface area contributed by atoms with Crippen molar-refractivity contribution < 1.29 is 0 Å². The van der Waals surface area contributed by atoms with Crippen LogP contribution in [-0.2, 0) is 11.8 Å². The minimum Gasteiger partial charge on any atom is -0.303 e. The molecule has 0 unspecified atom stereocenters. The van der Waals surface area contributed by atoms with Crippen LogP contribution in [0.25, 0.3) is 6.08 Å². The minimum absolute atomic E-state index is 0.319. The van der Waals surface area contributed by atoms with Gasteiger partial charge < -0.3 is 4.90 Å². The Hall–Kier alpha value is -1.86. The summed E-state index contributed by atoms with van der Waals surface area (Å²) in [6.07, 6.45) is 8.48. The van der Waals surface area contributed by atoms with Gasteiger partial charge in [-0.2, -0.15) is 0 Å². The van der Waals surface area contributed by atoms with Crippen molar-refractivity contribution in [2.75, 3.05) is 19.6 Å². The van der Waals surface area contributed by atoms with Crippen molar-refractivity contribution in [1.82, 2.24) is 4.90 Å². The molecular formula is C21H23N. The van der Waals surface area contributed by atoms with Gasteiger partial charge in [0.1, 0.15) is 0 Å². The van der Waals surface area contributed by atoms with Crippen LogP contribution in [0.2, 0.25) is 0 Å². The van der Waals surface area contributed by atoms with E-state index in [0.717, 1.165) is 0 Å². The first kappa shape index (κ1) is 13.8. The Morgan fingerprint density at radius 2 is 1.59 bits per heavy atom. The lowest BCUT2D eigenvalue weighted by atomic mass is 9.74. The summed E-state index contributed by atoms with van der Waals surface area (Å²) in [7, 11) is 0. The number of fused-ring (bicyclic) bond motifs is 2. The molecule has 22 heavy (non-hydrogen) atoms. The van der Waals surface area contributed by atoms with E-state index in [9.17, 15) is 0 Å². The van der Waals surface area contributed by atoms with Crippen LogP contribution < -0.4 is 0 Å². The van der Waals surface area contributed by atoms with Crippen molar-refractivity contribution in [3.05, 3.63) is 77.4 Å². The lowest BCUT2D eigenvalue weighted by Crippen LogP contribution is -2.41. The standard InChI is InChI=1S/C21H23N/c1-2-6-18(7-3-1)11-15-22-16-13-21(14-17-22)12-10-19-8-4-5-9-20(19)21/h1-10,12H,11,13-17H2. The van der Waals surface area contributed by atoms with Crippen LogP contribution in [0.1, 0.15) is 29.5 Å². The van der Waals surface area contributed by atoms with Crippen LogP contribution in [0.3, 0.4) is 0 Å². The SMILES string of the molecule is C1=CC2(CCN(CCc3ccccc3)CC2)c2ccccc21. The van der Waals surface area contributed by atoms with Gasteiger partial charge in [0, 0.05) is 12.0 Å². The first-order valence-corrected chi connectivity index (χ1v) is 8.41. The quantitative estimate of drug-likeness (QED) is 0.815. The molecule has 1 aliphatic carbocycles. The Bertz CT molecular complexity index is 663. The van der Waals surface area contributed by atoms with Crippen LogP contribution in [0, 0.1) is 0 Å². The van der Waals surface area contributed by atoms with E-state index < -0.39 is 0 Å². The fourth-order valence-corrected chi connectivity index (χ4v) is 3.98. The Morgan fingerprint density at radius 3 is 2.41 bits per heavy atom. The minimum atomic E-state index is 0.319.